The minimum Gasteiger partial charge on any atom is -0.339 e. The number of nitrogens with one attached hydrogen (secondary N) is 1. The van der Waals surface area contributed by atoms with Crippen molar-refractivity contribution in [3.8, 4) is 0 Å². The molecule has 0 bridgehead atoms. The Bertz CT molecular complexity index is 337. The Hall–Kier alpha value is -1.10. The molecule has 0 saturated carbocycles. The fourth-order valence-electron chi connectivity index (χ4n) is 2.33. The number of piperazine rings is 1. The second-order valence-electron chi connectivity index (χ2n) is 6.22. The summed E-state index contributed by atoms with van der Waals surface area (Å²) in [5.74, 6) is 0.589. The highest BCUT2D eigenvalue weighted by atomic mass is 16.2. The molecule has 2 aliphatic heterocycles. The van der Waals surface area contributed by atoms with Crippen LogP contribution in [0.5, 0.6) is 0 Å². The monoisotopic (exact) mass is 253 g/mol. The van der Waals surface area contributed by atoms with Crippen LogP contribution in [0.4, 0.5) is 0 Å². The molecule has 0 atom stereocenters. The number of amides is 2. The third-order valence-electron chi connectivity index (χ3n) is 3.65. The summed E-state index contributed by atoms with van der Waals surface area (Å²) in [6, 6.07) is 0. The lowest BCUT2D eigenvalue weighted by atomic mass is 9.94. The molecular weight excluding hydrogens is 230 g/mol. The molecule has 0 radical (unpaired) electrons. The van der Waals surface area contributed by atoms with Gasteiger partial charge in [0.05, 0.1) is 5.92 Å². The quantitative estimate of drug-likeness (QED) is 0.711. The molecule has 2 heterocycles. The maximum atomic E-state index is 12.1. The zero-order valence-corrected chi connectivity index (χ0v) is 11.5. The standard InChI is InChI=1S/C13H23N3O2/c1-13(2,3)12(18)16-6-4-15(5-7-16)11(17)10-8-14-9-10/h10,14H,4-9H2,1-3H3. The van der Waals surface area contributed by atoms with Crippen molar-refractivity contribution in [3.63, 3.8) is 0 Å². The summed E-state index contributed by atoms with van der Waals surface area (Å²) in [6.45, 7) is 10.1. The molecule has 0 aromatic carbocycles. The van der Waals surface area contributed by atoms with Crippen molar-refractivity contribution >= 4 is 11.8 Å². The van der Waals surface area contributed by atoms with Crippen LogP contribution in [-0.4, -0.2) is 60.9 Å². The summed E-state index contributed by atoms with van der Waals surface area (Å²) in [5.41, 5.74) is -0.329. The van der Waals surface area contributed by atoms with Crippen LogP contribution in [0, 0.1) is 11.3 Å². The van der Waals surface area contributed by atoms with Crippen molar-refractivity contribution in [2.45, 2.75) is 20.8 Å². The van der Waals surface area contributed by atoms with Crippen molar-refractivity contribution in [1.82, 2.24) is 15.1 Å². The van der Waals surface area contributed by atoms with Crippen LogP contribution >= 0.6 is 0 Å². The van der Waals surface area contributed by atoms with Crippen LogP contribution < -0.4 is 5.32 Å². The second kappa shape index (κ2) is 4.88. The summed E-state index contributed by atoms with van der Waals surface area (Å²) in [7, 11) is 0. The average molecular weight is 253 g/mol. The lowest BCUT2D eigenvalue weighted by molar-refractivity contribution is -0.147. The molecule has 2 rings (SSSR count). The smallest absolute Gasteiger partial charge is 0.228 e. The molecule has 0 aromatic rings. The van der Waals surface area contributed by atoms with Gasteiger partial charge in [-0.2, -0.15) is 0 Å². The van der Waals surface area contributed by atoms with E-state index < -0.39 is 0 Å². The van der Waals surface area contributed by atoms with Gasteiger partial charge < -0.3 is 15.1 Å². The van der Waals surface area contributed by atoms with Crippen LogP contribution in [0.25, 0.3) is 0 Å². The number of nitrogens with zero attached hydrogens (tertiary/aromatic N) is 2. The topological polar surface area (TPSA) is 52.7 Å². The molecule has 2 amide bonds. The molecule has 2 saturated heterocycles. The lowest BCUT2D eigenvalue weighted by Gasteiger charge is -2.40. The Morgan fingerprint density at radius 1 is 1.00 bits per heavy atom. The van der Waals surface area contributed by atoms with Gasteiger partial charge in [0.1, 0.15) is 0 Å². The van der Waals surface area contributed by atoms with Gasteiger partial charge in [0.2, 0.25) is 11.8 Å². The maximum absolute atomic E-state index is 12.1. The minimum atomic E-state index is -0.329. The first-order valence-electron chi connectivity index (χ1n) is 6.68. The van der Waals surface area contributed by atoms with E-state index in [1.807, 2.05) is 30.6 Å². The third kappa shape index (κ3) is 2.66. The molecule has 0 aromatic heterocycles. The average Bonchev–Trinajstić information content (AvgIpc) is 2.24. The van der Waals surface area contributed by atoms with Gasteiger partial charge in [-0.1, -0.05) is 20.8 Å². The summed E-state index contributed by atoms with van der Waals surface area (Å²) >= 11 is 0. The van der Waals surface area contributed by atoms with Crippen LogP contribution in [0.2, 0.25) is 0 Å². The van der Waals surface area contributed by atoms with E-state index in [0.717, 1.165) is 13.1 Å². The van der Waals surface area contributed by atoms with Crippen molar-refractivity contribution in [3.05, 3.63) is 0 Å². The Labute approximate surface area is 108 Å². The SMILES string of the molecule is CC(C)(C)C(=O)N1CCN(C(=O)C2CNC2)CC1. The van der Waals surface area contributed by atoms with Crippen molar-refractivity contribution in [2.24, 2.45) is 11.3 Å². The molecule has 18 heavy (non-hydrogen) atoms. The molecule has 0 spiro atoms. The van der Waals surface area contributed by atoms with Crippen LogP contribution in [0.15, 0.2) is 0 Å². The molecule has 0 aliphatic carbocycles. The number of carbonyl (C=O) groups excluding carboxylic acids is 2. The number of hydrogen-bond acceptors (Lipinski definition) is 3. The summed E-state index contributed by atoms with van der Waals surface area (Å²) < 4.78 is 0. The Balaban J connectivity index is 1.84. The van der Waals surface area contributed by atoms with Crippen molar-refractivity contribution < 1.29 is 9.59 Å². The molecular formula is C13H23N3O2. The predicted octanol–water partition coefficient (Wildman–Crippen LogP) is -0.0773. The molecule has 102 valence electrons. The summed E-state index contributed by atoms with van der Waals surface area (Å²) in [5, 5.41) is 3.12. The normalized spacial score (nSPS) is 21.7. The Morgan fingerprint density at radius 3 is 1.89 bits per heavy atom. The van der Waals surface area contributed by atoms with Gasteiger partial charge in [0, 0.05) is 44.7 Å². The molecule has 2 fully saturated rings. The van der Waals surface area contributed by atoms with Crippen LogP contribution in [0.3, 0.4) is 0 Å². The number of hydrogen-bond donors (Lipinski definition) is 1. The first-order chi connectivity index (χ1) is 8.39. The number of rotatable bonds is 1. The summed E-state index contributed by atoms with van der Waals surface area (Å²) in [4.78, 5) is 27.9. The minimum absolute atomic E-state index is 0.162. The van der Waals surface area contributed by atoms with Gasteiger partial charge >= 0.3 is 0 Å². The van der Waals surface area contributed by atoms with E-state index in [1.54, 1.807) is 0 Å². The highest BCUT2D eigenvalue weighted by molar-refractivity contribution is 5.83. The lowest BCUT2D eigenvalue weighted by Crippen LogP contribution is -2.58. The number of carbonyl (C=O) groups is 2. The van der Waals surface area contributed by atoms with Gasteiger partial charge in [0.25, 0.3) is 0 Å². The predicted molar refractivity (Wildman–Crippen MR) is 69.0 cm³/mol. The van der Waals surface area contributed by atoms with Gasteiger partial charge in [-0.3, -0.25) is 9.59 Å². The highest BCUT2D eigenvalue weighted by Gasteiger charge is 2.34. The van der Waals surface area contributed by atoms with E-state index in [1.165, 1.54) is 0 Å². The fourth-order valence-corrected chi connectivity index (χ4v) is 2.33. The van der Waals surface area contributed by atoms with E-state index in [-0.39, 0.29) is 23.1 Å². The third-order valence-corrected chi connectivity index (χ3v) is 3.65. The van der Waals surface area contributed by atoms with Crippen LogP contribution in [0.1, 0.15) is 20.8 Å². The zero-order valence-electron chi connectivity index (χ0n) is 11.5. The first-order valence-corrected chi connectivity index (χ1v) is 6.68. The van der Waals surface area contributed by atoms with E-state index in [0.29, 0.717) is 26.2 Å². The van der Waals surface area contributed by atoms with Gasteiger partial charge in [-0.15, -0.1) is 0 Å². The van der Waals surface area contributed by atoms with Crippen molar-refractivity contribution in [2.75, 3.05) is 39.3 Å². The maximum Gasteiger partial charge on any atom is 0.228 e. The molecule has 2 aliphatic rings. The van der Waals surface area contributed by atoms with E-state index in [9.17, 15) is 9.59 Å². The summed E-state index contributed by atoms with van der Waals surface area (Å²) in [6.07, 6.45) is 0. The Kier molecular flexibility index (Phi) is 3.61. The van der Waals surface area contributed by atoms with Crippen molar-refractivity contribution in [1.29, 1.82) is 0 Å². The molecule has 0 unspecified atom stereocenters. The van der Waals surface area contributed by atoms with Gasteiger partial charge in [-0.25, -0.2) is 0 Å². The van der Waals surface area contributed by atoms with E-state index in [2.05, 4.69) is 5.32 Å². The largest absolute Gasteiger partial charge is 0.339 e. The molecule has 5 nitrogen and oxygen atoms in total. The zero-order chi connectivity index (χ0) is 13.3. The van der Waals surface area contributed by atoms with E-state index >= 15 is 0 Å². The van der Waals surface area contributed by atoms with Gasteiger partial charge in [0.15, 0.2) is 0 Å². The Morgan fingerprint density at radius 2 is 1.50 bits per heavy atom. The fraction of sp³-hybridized carbons (Fsp3) is 0.846. The second-order valence-corrected chi connectivity index (χ2v) is 6.22. The molecule has 1 N–H and O–H groups in total. The van der Waals surface area contributed by atoms with E-state index in [4.69, 9.17) is 0 Å². The molecule has 5 heteroatoms. The highest BCUT2D eigenvalue weighted by Crippen LogP contribution is 2.19. The van der Waals surface area contributed by atoms with Crippen LogP contribution in [-0.2, 0) is 9.59 Å². The first kappa shape index (κ1) is 13.3. The van der Waals surface area contributed by atoms with Gasteiger partial charge in [-0.05, 0) is 0 Å².